The van der Waals surface area contributed by atoms with Crippen LogP contribution in [0.15, 0.2) is 48.5 Å². The summed E-state index contributed by atoms with van der Waals surface area (Å²) in [5.74, 6) is -0.674. The Hall–Kier alpha value is -3.35. The molecule has 0 aromatic heterocycles. The highest BCUT2D eigenvalue weighted by molar-refractivity contribution is 5.99. The first kappa shape index (κ1) is 21.9. The second kappa shape index (κ2) is 9.73. The molecule has 0 atom stereocenters. The molecule has 0 saturated heterocycles. The molecule has 2 aromatic rings. The lowest BCUT2D eigenvalue weighted by Crippen LogP contribution is -2.33. The Kier molecular flexibility index (Phi) is 7.36. The third-order valence-corrected chi connectivity index (χ3v) is 4.16. The Morgan fingerprint density at radius 2 is 1.48 bits per heavy atom. The topological polar surface area (TPSA) is 99.3 Å². The van der Waals surface area contributed by atoms with Crippen LogP contribution in [0.1, 0.15) is 43.6 Å². The molecule has 0 radical (unpaired) electrons. The smallest absolute Gasteiger partial charge is 0.319 e. The summed E-state index contributed by atoms with van der Waals surface area (Å²) in [4.78, 5) is 36.0. The molecule has 4 N–H and O–H groups in total. The van der Waals surface area contributed by atoms with Crippen LogP contribution in [0.3, 0.4) is 0 Å². The lowest BCUT2D eigenvalue weighted by molar-refractivity contribution is -0.115. The standard InChI is InChI=1S/C22H28N4O3/c1-5-23-21(29)26-18-8-6-7-17(13-18)25-19(27)14-24-20(28)15-9-11-16(12-10-15)22(2,3)4/h6-13H,5,14H2,1-4H3,(H,24,28)(H,25,27)(H2,23,26,29). The first-order chi connectivity index (χ1) is 13.7. The largest absolute Gasteiger partial charge is 0.343 e. The van der Waals surface area contributed by atoms with Crippen LogP contribution in [-0.4, -0.2) is 30.9 Å². The van der Waals surface area contributed by atoms with E-state index in [1.807, 2.05) is 19.1 Å². The summed E-state index contributed by atoms with van der Waals surface area (Å²) in [6.07, 6.45) is 0. The Labute approximate surface area is 171 Å². The van der Waals surface area contributed by atoms with Gasteiger partial charge in [-0.2, -0.15) is 0 Å². The lowest BCUT2D eigenvalue weighted by atomic mass is 9.87. The third-order valence-electron chi connectivity index (χ3n) is 4.16. The minimum atomic E-state index is -0.361. The van der Waals surface area contributed by atoms with Crippen molar-refractivity contribution in [3.05, 3.63) is 59.7 Å². The van der Waals surface area contributed by atoms with E-state index in [0.717, 1.165) is 5.56 Å². The number of urea groups is 1. The highest BCUT2D eigenvalue weighted by Crippen LogP contribution is 2.22. The molecule has 29 heavy (non-hydrogen) atoms. The van der Waals surface area contributed by atoms with Crippen molar-refractivity contribution in [2.24, 2.45) is 0 Å². The predicted octanol–water partition coefficient (Wildman–Crippen LogP) is 3.49. The van der Waals surface area contributed by atoms with Gasteiger partial charge in [0.2, 0.25) is 5.91 Å². The van der Waals surface area contributed by atoms with Crippen LogP contribution in [-0.2, 0) is 10.2 Å². The number of carbonyl (C=O) groups is 3. The Balaban J connectivity index is 1.88. The summed E-state index contributed by atoms with van der Waals surface area (Å²) in [6, 6.07) is 13.8. The molecule has 0 fully saturated rings. The van der Waals surface area contributed by atoms with Gasteiger partial charge >= 0.3 is 6.03 Å². The maximum absolute atomic E-state index is 12.3. The van der Waals surface area contributed by atoms with Crippen molar-refractivity contribution in [3.63, 3.8) is 0 Å². The van der Waals surface area contributed by atoms with Crippen molar-refractivity contribution in [3.8, 4) is 0 Å². The van der Waals surface area contributed by atoms with E-state index in [2.05, 4.69) is 42.0 Å². The Morgan fingerprint density at radius 1 is 0.862 bits per heavy atom. The number of hydrogen-bond acceptors (Lipinski definition) is 3. The molecule has 7 nitrogen and oxygen atoms in total. The highest BCUT2D eigenvalue weighted by atomic mass is 16.2. The van der Waals surface area contributed by atoms with E-state index >= 15 is 0 Å². The summed E-state index contributed by atoms with van der Waals surface area (Å²) >= 11 is 0. The molecule has 2 rings (SSSR count). The van der Waals surface area contributed by atoms with Crippen molar-refractivity contribution in [1.29, 1.82) is 0 Å². The fourth-order valence-electron chi connectivity index (χ4n) is 2.60. The van der Waals surface area contributed by atoms with Gasteiger partial charge in [-0.05, 0) is 48.2 Å². The van der Waals surface area contributed by atoms with Gasteiger partial charge in [0.15, 0.2) is 0 Å². The zero-order valence-corrected chi connectivity index (χ0v) is 17.3. The average molecular weight is 396 g/mol. The molecule has 0 aliphatic carbocycles. The molecule has 0 bridgehead atoms. The fraction of sp³-hybridized carbons (Fsp3) is 0.318. The zero-order chi connectivity index (χ0) is 21.4. The molecule has 0 unspecified atom stereocenters. The maximum Gasteiger partial charge on any atom is 0.319 e. The van der Waals surface area contributed by atoms with E-state index in [0.29, 0.717) is 23.5 Å². The van der Waals surface area contributed by atoms with Crippen molar-refractivity contribution in [2.45, 2.75) is 33.1 Å². The molecule has 4 amide bonds. The van der Waals surface area contributed by atoms with Gasteiger partial charge in [-0.1, -0.05) is 39.0 Å². The molecule has 0 spiro atoms. The maximum atomic E-state index is 12.3. The van der Waals surface area contributed by atoms with Crippen molar-refractivity contribution >= 4 is 29.2 Å². The Bertz CT molecular complexity index is 870. The number of carbonyl (C=O) groups excluding carboxylic acids is 3. The van der Waals surface area contributed by atoms with Crippen LogP contribution in [0.2, 0.25) is 0 Å². The molecule has 2 aromatic carbocycles. The molecule has 154 valence electrons. The van der Waals surface area contributed by atoms with Crippen molar-refractivity contribution in [1.82, 2.24) is 10.6 Å². The van der Waals surface area contributed by atoms with E-state index in [1.54, 1.807) is 36.4 Å². The van der Waals surface area contributed by atoms with Crippen molar-refractivity contribution in [2.75, 3.05) is 23.7 Å². The number of amides is 4. The minimum absolute atomic E-state index is 0.00943. The molecular formula is C22H28N4O3. The number of benzene rings is 2. The molecular weight excluding hydrogens is 368 g/mol. The van der Waals surface area contributed by atoms with Crippen LogP contribution in [0.5, 0.6) is 0 Å². The molecule has 0 saturated carbocycles. The SMILES string of the molecule is CCNC(=O)Nc1cccc(NC(=O)CNC(=O)c2ccc(C(C)(C)C)cc2)c1. The van der Waals surface area contributed by atoms with Gasteiger partial charge in [-0.3, -0.25) is 9.59 Å². The van der Waals surface area contributed by atoms with Crippen LogP contribution < -0.4 is 21.3 Å². The Morgan fingerprint density at radius 3 is 2.07 bits per heavy atom. The van der Waals surface area contributed by atoms with E-state index < -0.39 is 0 Å². The van der Waals surface area contributed by atoms with Crippen molar-refractivity contribution < 1.29 is 14.4 Å². The van der Waals surface area contributed by atoms with Crippen LogP contribution in [0.25, 0.3) is 0 Å². The van der Waals surface area contributed by atoms with Crippen LogP contribution in [0.4, 0.5) is 16.2 Å². The van der Waals surface area contributed by atoms with E-state index in [1.165, 1.54) is 0 Å². The third kappa shape index (κ3) is 6.95. The monoisotopic (exact) mass is 396 g/mol. The molecule has 7 heteroatoms. The number of anilines is 2. The van der Waals surface area contributed by atoms with E-state index in [9.17, 15) is 14.4 Å². The predicted molar refractivity (Wildman–Crippen MR) is 115 cm³/mol. The van der Waals surface area contributed by atoms with Gasteiger partial charge in [0.1, 0.15) is 0 Å². The average Bonchev–Trinajstić information content (AvgIpc) is 2.66. The van der Waals surface area contributed by atoms with Gasteiger partial charge in [0.25, 0.3) is 5.91 Å². The summed E-state index contributed by atoms with van der Waals surface area (Å²) in [7, 11) is 0. The summed E-state index contributed by atoms with van der Waals surface area (Å²) in [6.45, 7) is 8.49. The first-order valence-corrected chi connectivity index (χ1v) is 9.52. The van der Waals surface area contributed by atoms with Gasteiger partial charge in [-0.15, -0.1) is 0 Å². The number of rotatable bonds is 6. The van der Waals surface area contributed by atoms with E-state index in [-0.39, 0.29) is 29.8 Å². The van der Waals surface area contributed by atoms with Crippen LogP contribution in [0, 0.1) is 0 Å². The number of nitrogens with one attached hydrogen (secondary N) is 4. The summed E-state index contributed by atoms with van der Waals surface area (Å²) < 4.78 is 0. The van der Waals surface area contributed by atoms with Gasteiger partial charge in [-0.25, -0.2) is 4.79 Å². The minimum Gasteiger partial charge on any atom is -0.343 e. The summed E-state index contributed by atoms with van der Waals surface area (Å²) in [5, 5.41) is 10.6. The first-order valence-electron chi connectivity index (χ1n) is 9.52. The lowest BCUT2D eigenvalue weighted by Gasteiger charge is -2.19. The second-order valence-corrected chi connectivity index (χ2v) is 7.62. The normalized spacial score (nSPS) is 10.8. The molecule has 0 heterocycles. The summed E-state index contributed by atoms with van der Waals surface area (Å²) in [5.41, 5.74) is 2.71. The quantitative estimate of drug-likeness (QED) is 0.601. The van der Waals surface area contributed by atoms with Gasteiger partial charge < -0.3 is 21.3 Å². The van der Waals surface area contributed by atoms with Gasteiger partial charge in [0.05, 0.1) is 6.54 Å². The highest BCUT2D eigenvalue weighted by Gasteiger charge is 2.14. The second-order valence-electron chi connectivity index (χ2n) is 7.62. The van der Waals surface area contributed by atoms with Gasteiger partial charge in [0, 0.05) is 23.5 Å². The number of hydrogen-bond donors (Lipinski definition) is 4. The van der Waals surface area contributed by atoms with E-state index in [4.69, 9.17) is 0 Å². The zero-order valence-electron chi connectivity index (χ0n) is 17.3. The fourth-order valence-corrected chi connectivity index (χ4v) is 2.60. The van der Waals surface area contributed by atoms with Crippen LogP contribution >= 0.6 is 0 Å². The molecule has 0 aliphatic heterocycles. The molecule has 0 aliphatic rings.